The fourth-order valence-electron chi connectivity index (χ4n) is 4.23. The number of aromatic nitrogens is 5. The second-order valence-corrected chi connectivity index (χ2v) is 7.63. The lowest BCUT2D eigenvalue weighted by Gasteiger charge is -2.33. The molecule has 142 valence electrons. The Hall–Kier alpha value is -2.99. The molecule has 28 heavy (non-hydrogen) atoms. The predicted octanol–water partition coefficient (Wildman–Crippen LogP) is 3.60. The van der Waals surface area contributed by atoms with Gasteiger partial charge in [-0.3, -0.25) is 4.90 Å². The molecule has 0 spiro atoms. The molecule has 4 heterocycles. The third-order valence-electron chi connectivity index (χ3n) is 5.58. The standard InChI is InChI=1S/C22H24N6/c1-17-13-21(28-22(25-17)23-16-24-28)19-5-4-10-26(15-19)14-18-6-8-20(9-7-18)27-11-2-3-12-27/h2-3,6-9,11-13,16,19H,4-5,10,14-15H2,1H3. The summed E-state index contributed by atoms with van der Waals surface area (Å²) in [5.74, 6) is 1.16. The fourth-order valence-corrected chi connectivity index (χ4v) is 4.23. The molecule has 6 heteroatoms. The van der Waals surface area contributed by atoms with Crippen LogP contribution in [0.3, 0.4) is 0 Å². The molecule has 5 rings (SSSR count). The first kappa shape index (κ1) is 17.1. The van der Waals surface area contributed by atoms with Crippen molar-refractivity contribution in [1.82, 2.24) is 29.0 Å². The number of rotatable bonds is 4. The summed E-state index contributed by atoms with van der Waals surface area (Å²) < 4.78 is 4.04. The van der Waals surface area contributed by atoms with Gasteiger partial charge in [0.1, 0.15) is 6.33 Å². The van der Waals surface area contributed by atoms with Gasteiger partial charge >= 0.3 is 0 Å². The van der Waals surface area contributed by atoms with E-state index in [4.69, 9.17) is 0 Å². The highest BCUT2D eigenvalue weighted by Gasteiger charge is 2.24. The molecule has 6 nitrogen and oxygen atoms in total. The van der Waals surface area contributed by atoms with Gasteiger partial charge in [-0.25, -0.2) is 9.50 Å². The molecule has 3 aromatic heterocycles. The van der Waals surface area contributed by atoms with Gasteiger partial charge in [0, 0.05) is 42.8 Å². The highest BCUT2D eigenvalue weighted by molar-refractivity contribution is 5.35. The average Bonchev–Trinajstić information content (AvgIpc) is 3.40. The Balaban J connectivity index is 1.32. The molecule has 1 aliphatic heterocycles. The summed E-state index contributed by atoms with van der Waals surface area (Å²) in [7, 11) is 0. The zero-order valence-corrected chi connectivity index (χ0v) is 16.1. The molecule has 1 unspecified atom stereocenters. The summed E-state index contributed by atoms with van der Waals surface area (Å²) in [6.07, 6.45) is 8.13. The van der Waals surface area contributed by atoms with E-state index in [1.165, 1.54) is 29.8 Å². The summed E-state index contributed by atoms with van der Waals surface area (Å²) in [4.78, 5) is 11.3. The number of likely N-dealkylation sites (tertiary alicyclic amines) is 1. The first-order valence-electron chi connectivity index (χ1n) is 9.88. The number of hydrogen-bond acceptors (Lipinski definition) is 4. The van der Waals surface area contributed by atoms with Crippen LogP contribution in [-0.4, -0.2) is 42.1 Å². The average molecular weight is 372 g/mol. The largest absolute Gasteiger partial charge is 0.324 e. The topological polar surface area (TPSA) is 51.2 Å². The molecule has 0 saturated carbocycles. The summed E-state index contributed by atoms with van der Waals surface area (Å²) in [6.45, 7) is 5.19. The molecule has 1 fully saturated rings. The van der Waals surface area contributed by atoms with Gasteiger partial charge in [-0.15, -0.1) is 0 Å². The van der Waals surface area contributed by atoms with E-state index < -0.39 is 0 Å². The first-order chi connectivity index (χ1) is 13.8. The number of hydrogen-bond donors (Lipinski definition) is 0. The lowest BCUT2D eigenvalue weighted by atomic mass is 9.93. The molecule has 1 atom stereocenters. The van der Waals surface area contributed by atoms with Gasteiger partial charge in [0.2, 0.25) is 0 Å². The molecule has 0 radical (unpaired) electrons. The first-order valence-corrected chi connectivity index (χ1v) is 9.88. The van der Waals surface area contributed by atoms with Gasteiger partial charge < -0.3 is 4.57 Å². The van der Waals surface area contributed by atoms with E-state index in [2.05, 4.69) is 79.4 Å². The maximum absolute atomic E-state index is 4.48. The molecule has 0 N–H and O–H groups in total. The van der Waals surface area contributed by atoms with Crippen LogP contribution < -0.4 is 0 Å². The van der Waals surface area contributed by atoms with Gasteiger partial charge in [-0.1, -0.05) is 12.1 Å². The highest BCUT2D eigenvalue weighted by Crippen LogP contribution is 2.28. The Kier molecular flexibility index (Phi) is 4.41. The second kappa shape index (κ2) is 7.20. The summed E-state index contributed by atoms with van der Waals surface area (Å²) in [6, 6.07) is 15.1. The predicted molar refractivity (Wildman–Crippen MR) is 109 cm³/mol. The number of benzene rings is 1. The SMILES string of the molecule is Cc1cc(C2CCCN(Cc3ccc(-n4cccc4)cc3)C2)n2ncnc2n1. The lowest BCUT2D eigenvalue weighted by molar-refractivity contribution is 0.197. The quantitative estimate of drug-likeness (QED) is 0.549. The minimum Gasteiger partial charge on any atom is -0.324 e. The van der Waals surface area contributed by atoms with Crippen molar-refractivity contribution >= 4 is 5.78 Å². The van der Waals surface area contributed by atoms with Crippen LogP contribution in [-0.2, 0) is 6.54 Å². The Morgan fingerprint density at radius 2 is 1.93 bits per heavy atom. The van der Waals surface area contributed by atoms with Crippen molar-refractivity contribution < 1.29 is 0 Å². The van der Waals surface area contributed by atoms with Crippen LogP contribution in [0.2, 0.25) is 0 Å². The van der Waals surface area contributed by atoms with E-state index in [1.807, 2.05) is 11.4 Å². The van der Waals surface area contributed by atoms with Crippen LogP contribution in [0.5, 0.6) is 0 Å². The van der Waals surface area contributed by atoms with Crippen molar-refractivity contribution in [2.75, 3.05) is 13.1 Å². The summed E-state index contributed by atoms with van der Waals surface area (Å²) in [5, 5.41) is 4.40. The molecular formula is C22H24N6. The molecule has 0 amide bonds. The van der Waals surface area contributed by atoms with E-state index in [0.717, 1.165) is 25.3 Å². The maximum atomic E-state index is 4.48. The Bertz CT molecular complexity index is 1060. The maximum Gasteiger partial charge on any atom is 0.252 e. The van der Waals surface area contributed by atoms with Crippen LogP contribution in [0.25, 0.3) is 11.5 Å². The highest BCUT2D eigenvalue weighted by atomic mass is 15.3. The van der Waals surface area contributed by atoms with Crippen molar-refractivity contribution in [2.24, 2.45) is 0 Å². The van der Waals surface area contributed by atoms with Crippen LogP contribution in [0, 0.1) is 6.92 Å². The van der Waals surface area contributed by atoms with Crippen molar-refractivity contribution in [2.45, 2.75) is 32.2 Å². The third-order valence-corrected chi connectivity index (χ3v) is 5.58. The van der Waals surface area contributed by atoms with Crippen LogP contribution in [0.15, 0.2) is 61.2 Å². The molecular weight excluding hydrogens is 348 g/mol. The fraction of sp³-hybridized carbons (Fsp3) is 0.318. The second-order valence-electron chi connectivity index (χ2n) is 7.63. The zero-order chi connectivity index (χ0) is 18.9. The van der Waals surface area contributed by atoms with E-state index in [1.54, 1.807) is 6.33 Å². The smallest absolute Gasteiger partial charge is 0.252 e. The van der Waals surface area contributed by atoms with Crippen molar-refractivity contribution in [3.05, 3.63) is 78.1 Å². The van der Waals surface area contributed by atoms with Crippen LogP contribution in [0.4, 0.5) is 0 Å². The van der Waals surface area contributed by atoms with E-state index in [0.29, 0.717) is 11.7 Å². The Labute approximate surface area is 164 Å². The van der Waals surface area contributed by atoms with E-state index >= 15 is 0 Å². The molecule has 1 aromatic carbocycles. The summed E-state index contributed by atoms with van der Waals surface area (Å²) in [5.41, 5.74) is 4.79. The molecule has 0 aliphatic carbocycles. The van der Waals surface area contributed by atoms with Crippen molar-refractivity contribution in [1.29, 1.82) is 0 Å². The Morgan fingerprint density at radius 3 is 2.75 bits per heavy atom. The number of nitrogens with zero attached hydrogens (tertiary/aromatic N) is 6. The van der Waals surface area contributed by atoms with Crippen LogP contribution >= 0.6 is 0 Å². The molecule has 1 aliphatic rings. The van der Waals surface area contributed by atoms with Gasteiger partial charge in [0.25, 0.3) is 5.78 Å². The third kappa shape index (κ3) is 3.31. The van der Waals surface area contributed by atoms with E-state index in [9.17, 15) is 0 Å². The lowest BCUT2D eigenvalue weighted by Crippen LogP contribution is -2.34. The normalized spacial score (nSPS) is 18.0. The molecule has 0 bridgehead atoms. The molecule has 4 aromatic rings. The van der Waals surface area contributed by atoms with Gasteiger partial charge in [-0.2, -0.15) is 10.1 Å². The number of aryl methyl sites for hydroxylation is 1. The number of fused-ring (bicyclic) bond motifs is 1. The minimum atomic E-state index is 0.457. The van der Waals surface area contributed by atoms with E-state index in [-0.39, 0.29) is 0 Å². The van der Waals surface area contributed by atoms with Crippen molar-refractivity contribution in [3.8, 4) is 5.69 Å². The zero-order valence-electron chi connectivity index (χ0n) is 16.1. The number of piperidine rings is 1. The Morgan fingerprint density at radius 1 is 1.11 bits per heavy atom. The minimum absolute atomic E-state index is 0.457. The van der Waals surface area contributed by atoms with Gasteiger partial charge in [-0.05, 0) is 62.2 Å². The van der Waals surface area contributed by atoms with Gasteiger partial charge in [0.15, 0.2) is 0 Å². The monoisotopic (exact) mass is 372 g/mol. The van der Waals surface area contributed by atoms with Crippen molar-refractivity contribution in [3.63, 3.8) is 0 Å². The molecule has 1 saturated heterocycles. The van der Waals surface area contributed by atoms with Crippen LogP contribution in [0.1, 0.15) is 35.7 Å². The summed E-state index contributed by atoms with van der Waals surface area (Å²) >= 11 is 0. The van der Waals surface area contributed by atoms with Gasteiger partial charge in [0.05, 0.1) is 5.69 Å².